The van der Waals surface area contributed by atoms with Crippen molar-refractivity contribution in [3.63, 3.8) is 0 Å². The number of nitrogens with zero attached hydrogens (tertiary/aromatic N) is 1. The molecular formula is C13H15BrClN. The van der Waals surface area contributed by atoms with E-state index in [9.17, 15) is 0 Å². The number of likely N-dealkylation sites (tertiary alicyclic amines) is 1. The molecule has 0 N–H and O–H groups in total. The van der Waals surface area contributed by atoms with Crippen LogP contribution in [0.25, 0.3) is 0 Å². The Kier molecular flexibility index (Phi) is 2.99. The van der Waals surface area contributed by atoms with Crippen LogP contribution in [0.5, 0.6) is 0 Å². The quantitative estimate of drug-likeness (QED) is 0.795. The van der Waals surface area contributed by atoms with Crippen LogP contribution in [0.2, 0.25) is 5.02 Å². The zero-order valence-corrected chi connectivity index (χ0v) is 11.5. The van der Waals surface area contributed by atoms with Crippen LogP contribution in [0.4, 0.5) is 0 Å². The summed E-state index contributed by atoms with van der Waals surface area (Å²) in [6.07, 6.45) is 4.24. The topological polar surface area (TPSA) is 3.24 Å². The third-order valence-electron chi connectivity index (χ3n) is 3.91. The van der Waals surface area contributed by atoms with Gasteiger partial charge in [-0.05, 0) is 42.9 Å². The fraction of sp³-hybridized carbons (Fsp3) is 0.538. The molecule has 2 aliphatic rings. The Labute approximate surface area is 110 Å². The third-order valence-corrected chi connectivity index (χ3v) is 4.76. The van der Waals surface area contributed by atoms with Crippen molar-refractivity contribution in [2.45, 2.75) is 31.8 Å². The van der Waals surface area contributed by atoms with Crippen LogP contribution >= 0.6 is 27.5 Å². The normalized spacial score (nSPS) is 28.9. The predicted octanol–water partition coefficient (Wildman–Crippen LogP) is 4.09. The monoisotopic (exact) mass is 299 g/mol. The molecule has 0 spiro atoms. The zero-order chi connectivity index (χ0) is 11.1. The molecule has 1 saturated carbocycles. The molecule has 1 heterocycles. The van der Waals surface area contributed by atoms with Crippen LogP contribution in [-0.2, 0) is 6.54 Å². The summed E-state index contributed by atoms with van der Waals surface area (Å²) < 4.78 is 1.06. The highest BCUT2D eigenvalue weighted by atomic mass is 79.9. The highest BCUT2D eigenvalue weighted by Gasteiger charge is 2.37. The van der Waals surface area contributed by atoms with Crippen LogP contribution in [0.1, 0.15) is 24.8 Å². The Hall–Kier alpha value is -0.0500. The van der Waals surface area contributed by atoms with Crippen molar-refractivity contribution in [1.29, 1.82) is 0 Å². The van der Waals surface area contributed by atoms with Gasteiger partial charge in [-0.2, -0.15) is 0 Å². The van der Waals surface area contributed by atoms with Gasteiger partial charge in [0.2, 0.25) is 0 Å². The number of benzene rings is 1. The van der Waals surface area contributed by atoms with Gasteiger partial charge in [0.15, 0.2) is 0 Å². The summed E-state index contributed by atoms with van der Waals surface area (Å²) in [5, 5.41) is 0.886. The Morgan fingerprint density at radius 1 is 1.38 bits per heavy atom. The number of hydrogen-bond acceptors (Lipinski definition) is 1. The Morgan fingerprint density at radius 2 is 2.25 bits per heavy atom. The third kappa shape index (κ3) is 2.03. The fourth-order valence-corrected chi connectivity index (χ4v) is 3.82. The van der Waals surface area contributed by atoms with E-state index in [1.54, 1.807) is 0 Å². The van der Waals surface area contributed by atoms with Crippen molar-refractivity contribution in [1.82, 2.24) is 4.90 Å². The molecule has 1 aromatic carbocycles. The second-order valence-corrected chi connectivity index (χ2v) is 6.32. The minimum atomic E-state index is 0.824. The van der Waals surface area contributed by atoms with Gasteiger partial charge < -0.3 is 0 Å². The van der Waals surface area contributed by atoms with Crippen molar-refractivity contribution in [3.8, 4) is 0 Å². The van der Waals surface area contributed by atoms with Crippen molar-refractivity contribution in [3.05, 3.63) is 33.3 Å². The lowest BCUT2D eigenvalue weighted by Crippen LogP contribution is -2.31. The molecule has 2 atom stereocenters. The average Bonchev–Trinajstić information content (AvgIpc) is 2.84. The summed E-state index contributed by atoms with van der Waals surface area (Å²) in [5.41, 5.74) is 1.26. The van der Waals surface area contributed by atoms with Crippen molar-refractivity contribution >= 4 is 27.5 Å². The van der Waals surface area contributed by atoms with Crippen molar-refractivity contribution < 1.29 is 0 Å². The molecule has 1 aromatic rings. The van der Waals surface area contributed by atoms with Crippen molar-refractivity contribution in [2.24, 2.45) is 5.92 Å². The molecule has 3 heteroatoms. The molecule has 1 aliphatic carbocycles. The number of fused-ring (bicyclic) bond motifs is 2. The summed E-state index contributed by atoms with van der Waals surface area (Å²) >= 11 is 9.70. The first-order valence-electron chi connectivity index (χ1n) is 5.90. The standard InChI is InChI=1S/C13H15BrClN/c14-11-3-2-10(13(15)6-11)8-16-7-9-1-4-12(16)5-9/h2-3,6,9,12H,1,4-5,7-8H2. The van der Waals surface area contributed by atoms with Gasteiger partial charge in [-0.1, -0.05) is 33.6 Å². The van der Waals surface area contributed by atoms with E-state index in [0.717, 1.165) is 28.0 Å². The van der Waals surface area contributed by atoms with E-state index < -0.39 is 0 Å². The Morgan fingerprint density at radius 3 is 2.88 bits per heavy atom. The highest BCUT2D eigenvalue weighted by molar-refractivity contribution is 9.10. The molecule has 16 heavy (non-hydrogen) atoms. The smallest absolute Gasteiger partial charge is 0.0462 e. The van der Waals surface area contributed by atoms with Gasteiger partial charge in [0.05, 0.1) is 0 Å². The number of hydrogen-bond donors (Lipinski definition) is 0. The lowest BCUT2D eigenvalue weighted by Gasteiger charge is -2.27. The molecular weight excluding hydrogens is 286 g/mol. The number of rotatable bonds is 2. The van der Waals surface area contributed by atoms with Gasteiger partial charge in [-0.25, -0.2) is 0 Å². The van der Waals surface area contributed by atoms with Gasteiger partial charge in [0.1, 0.15) is 0 Å². The van der Waals surface area contributed by atoms with Crippen LogP contribution in [0.15, 0.2) is 22.7 Å². The molecule has 1 nitrogen and oxygen atoms in total. The van der Waals surface area contributed by atoms with Crippen LogP contribution in [0, 0.1) is 5.92 Å². The van der Waals surface area contributed by atoms with Crippen LogP contribution in [0.3, 0.4) is 0 Å². The lowest BCUT2D eigenvalue weighted by molar-refractivity contribution is 0.205. The first-order chi connectivity index (χ1) is 7.72. The van der Waals surface area contributed by atoms with E-state index in [4.69, 9.17) is 11.6 Å². The van der Waals surface area contributed by atoms with Gasteiger partial charge in [-0.15, -0.1) is 0 Å². The van der Waals surface area contributed by atoms with E-state index in [-0.39, 0.29) is 0 Å². The summed E-state index contributed by atoms with van der Waals surface area (Å²) in [7, 11) is 0. The predicted molar refractivity (Wildman–Crippen MR) is 70.7 cm³/mol. The molecule has 2 unspecified atom stereocenters. The average molecular weight is 301 g/mol. The second-order valence-electron chi connectivity index (χ2n) is 5.00. The Balaban J connectivity index is 1.74. The van der Waals surface area contributed by atoms with E-state index >= 15 is 0 Å². The highest BCUT2D eigenvalue weighted by Crippen LogP contribution is 2.38. The van der Waals surface area contributed by atoms with E-state index in [2.05, 4.69) is 33.0 Å². The minimum absolute atomic E-state index is 0.824. The van der Waals surface area contributed by atoms with Gasteiger partial charge in [-0.3, -0.25) is 4.90 Å². The molecule has 2 bridgehead atoms. The molecule has 0 aromatic heterocycles. The summed E-state index contributed by atoms with van der Waals surface area (Å²) in [6.45, 7) is 2.30. The first kappa shape index (κ1) is 11.1. The van der Waals surface area contributed by atoms with E-state index in [1.807, 2.05) is 6.07 Å². The molecule has 1 aliphatic heterocycles. The summed E-state index contributed by atoms with van der Waals surface area (Å²) in [6, 6.07) is 7.03. The minimum Gasteiger partial charge on any atom is -0.296 e. The second kappa shape index (κ2) is 4.32. The molecule has 1 saturated heterocycles. The maximum atomic E-state index is 6.25. The van der Waals surface area contributed by atoms with Gasteiger partial charge >= 0.3 is 0 Å². The molecule has 86 valence electrons. The zero-order valence-electron chi connectivity index (χ0n) is 9.13. The summed E-state index contributed by atoms with van der Waals surface area (Å²) in [5.74, 6) is 0.958. The van der Waals surface area contributed by atoms with E-state index in [1.165, 1.54) is 31.4 Å². The van der Waals surface area contributed by atoms with Crippen LogP contribution < -0.4 is 0 Å². The molecule has 3 rings (SSSR count). The summed E-state index contributed by atoms with van der Waals surface area (Å²) in [4.78, 5) is 2.60. The van der Waals surface area contributed by atoms with Crippen LogP contribution in [-0.4, -0.2) is 17.5 Å². The van der Waals surface area contributed by atoms with Gasteiger partial charge in [0.25, 0.3) is 0 Å². The SMILES string of the molecule is Clc1cc(Br)ccc1CN1CC2CCC1C2. The fourth-order valence-electron chi connectivity index (χ4n) is 3.09. The molecule has 2 fully saturated rings. The maximum Gasteiger partial charge on any atom is 0.0462 e. The largest absolute Gasteiger partial charge is 0.296 e. The van der Waals surface area contributed by atoms with Crippen molar-refractivity contribution in [2.75, 3.05) is 6.54 Å². The number of piperidine rings is 1. The number of halogens is 2. The van der Waals surface area contributed by atoms with E-state index in [0.29, 0.717) is 0 Å². The maximum absolute atomic E-state index is 6.25. The molecule has 0 radical (unpaired) electrons. The first-order valence-corrected chi connectivity index (χ1v) is 7.07. The van der Waals surface area contributed by atoms with Gasteiger partial charge in [0, 0.05) is 28.6 Å². The molecule has 0 amide bonds. The Bertz CT molecular complexity index is 407. The lowest BCUT2D eigenvalue weighted by atomic mass is 10.1.